The van der Waals surface area contributed by atoms with Crippen molar-refractivity contribution >= 4 is 11.8 Å². The molecule has 2 amide bonds. The number of carbonyl (C=O) groups is 2. The third kappa shape index (κ3) is 6.50. The minimum atomic E-state index is -0.322. The van der Waals surface area contributed by atoms with Crippen LogP contribution < -0.4 is 14.8 Å². The Bertz CT molecular complexity index is 787. The summed E-state index contributed by atoms with van der Waals surface area (Å²) in [5.41, 5.74) is 1.27. The van der Waals surface area contributed by atoms with Crippen LogP contribution >= 0.6 is 0 Å². The maximum absolute atomic E-state index is 12.4. The van der Waals surface area contributed by atoms with E-state index in [0.717, 1.165) is 25.4 Å². The molecule has 1 fully saturated rings. The Hall–Kier alpha value is -3.06. The highest BCUT2D eigenvalue weighted by atomic mass is 16.5. The molecule has 2 aromatic rings. The second kappa shape index (κ2) is 10.5. The number of carbonyl (C=O) groups excluding carboxylic acids is 2. The van der Waals surface area contributed by atoms with Crippen molar-refractivity contribution in [1.29, 1.82) is 0 Å². The maximum atomic E-state index is 12.4. The van der Waals surface area contributed by atoms with Crippen molar-refractivity contribution in [3.05, 3.63) is 60.2 Å². The molecule has 0 radical (unpaired) electrons. The first-order chi connectivity index (χ1) is 14.1. The van der Waals surface area contributed by atoms with Crippen LogP contribution in [0.1, 0.15) is 5.56 Å². The molecule has 7 heteroatoms. The lowest BCUT2D eigenvalue weighted by Crippen LogP contribution is -2.51. The Morgan fingerprint density at radius 1 is 0.931 bits per heavy atom. The zero-order chi connectivity index (χ0) is 20.5. The van der Waals surface area contributed by atoms with Gasteiger partial charge < -0.3 is 19.7 Å². The summed E-state index contributed by atoms with van der Waals surface area (Å²) >= 11 is 0. The van der Waals surface area contributed by atoms with Crippen LogP contribution in [-0.2, 0) is 16.1 Å². The Labute approximate surface area is 171 Å². The summed E-state index contributed by atoms with van der Waals surface area (Å²) in [6.45, 7) is 3.74. The number of benzene rings is 2. The Kier molecular flexibility index (Phi) is 7.47. The molecular weight excluding hydrogens is 370 g/mol. The summed E-state index contributed by atoms with van der Waals surface area (Å²) < 4.78 is 10.5. The quantitative estimate of drug-likeness (QED) is 0.732. The highest BCUT2D eigenvalue weighted by molar-refractivity contribution is 5.85. The molecule has 0 atom stereocenters. The van der Waals surface area contributed by atoms with Crippen molar-refractivity contribution in [1.82, 2.24) is 15.1 Å². The Balaban J connectivity index is 1.33. The van der Waals surface area contributed by atoms with Gasteiger partial charge in [-0.3, -0.25) is 14.5 Å². The van der Waals surface area contributed by atoms with Crippen LogP contribution in [0.4, 0.5) is 0 Å². The standard InChI is InChI=1S/C22H27N3O4/c1-28-19-7-9-20(10-8-19)29-17-21(26)23-15-22(27)25-13-11-24(12-14-25)16-18-5-3-2-4-6-18/h2-10H,11-17H2,1H3,(H,23,26). The van der Waals surface area contributed by atoms with E-state index in [4.69, 9.17) is 9.47 Å². The van der Waals surface area contributed by atoms with Crippen LogP contribution in [0.15, 0.2) is 54.6 Å². The first-order valence-corrected chi connectivity index (χ1v) is 9.71. The van der Waals surface area contributed by atoms with Crippen LogP contribution in [0.5, 0.6) is 11.5 Å². The Morgan fingerprint density at radius 3 is 2.24 bits per heavy atom. The second-order valence-corrected chi connectivity index (χ2v) is 6.88. The topological polar surface area (TPSA) is 71.1 Å². The molecular formula is C22H27N3O4. The lowest BCUT2D eigenvalue weighted by atomic mass is 10.2. The average molecular weight is 397 g/mol. The van der Waals surface area contributed by atoms with Gasteiger partial charge in [0.05, 0.1) is 13.7 Å². The van der Waals surface area contributed by atoms with E-state index in [1.807, 2.05) is 18.2 Å². The molecule has 29 heavy (non-hydrogen) atoms. The number of hydrogen-bond acceptors (Lipinski definition) is 5. The molecule has 0 spiro atoms. The van der Waals surface area contributed by atoms with Crippen molar-refractivity contribution in [3.8, 4) is 11.5 Å². The predicted octanol–water partition coefficient (Wildman–Crippen LogP) is 1.53. The number of ether oxygens (including phenoxy) is 2. The van der Waals surface area contributed by atoms with Crippen molar-refractivity contribution in [2.75, 3.05) is 46.4 Å². The zero-order valence-corrected chi connectivity index (χ0v) is 16.7. The summed E-state index contributed by atoms with van der Waals surface area (Å²) in [6.07, 6.45) is 0. The highest BCUT2D eigenvalue weighted by Gasteiger charge is 2.21. The summed E-state index contributed by atoms with van der Waals surface area (Å²) in [5.74, 6) is 0.900. The maximum Gasteiger partial charge on any atom is 0.258 e. The zero-order valence-electron chi connectivity index (χ0n) is 16.7. The lowest BCUT2D eigenvalue weighted by molar-refractivity contribution is -0.134. The van der Waals surface area contributed by atoms with E-state index in [9.17, 15) is 9.59 Å². The average Bonchev–Trinajstić information content (AvgIpc) is 2.77. The highest BCUT2D eigenvalue weighted by Crippen LogP contribution is 2.16. The van der Waals surface area contributed by atoms with Crippen LogP contribution in [0, 0.1) is 0 Å². The van der Waals surface area contributed by atoms with Gasteiger partial charge >= 0.3 is 0 Å². The van der Waals surface area contributed by atoms with Crippen molar-refractivity contribution in [2.45, 2.75) is 6.54 Å². The SMILES string of the molecule is COc1ccc(OCC(=O)NCC(=O)N2CCN(Cc3ccccc3)CC2)cc1. The van der Waals surface area contributed by atoms with E-state index in [0.29, 0.717) is 18.8 Å². The molecule has 1 N–H and O–H groups in total. The largest absolute Gasteiger partial charge is 0.497 e. The van der Waals surface area contributed by atoms with E-state index in [1.54, 1.807) is 36.3 Å². The normalized spacial score (nSPS) is 14.3. The summed E-state index contributed by atoms with van der Waals surface area (Å²) in [6, 6.07) is 17.3. The fourth-order valence-corrected chi connectivity index (χ4v) is 3.15. The van der Waals surface area contributed by atoms with Gasteiger partial charge in [-0.25, -0.2) is 0 Å². The molecule has 1 aliphatic heterocycles. The minimum Gasteiger partial charge on any atom is -0.497 e. The number of rotatable bonds is 8. The summed E-state index contributed by atoms with van der Waals surface area (Å²) in [7, 11) is 1.59. The van der Waals surface area contributed by atoms with Crippen LogP contribution in [0.3, 0.4) is 0 Å². The van der Waals surface area contributed by atoms with Crippen molar-refractivity contribution in [2.24, 2.45) is 0 Å². The number of nitrogens with one attached hydrogen (secondary N) is 1. The van der Waals surface area contributed by atoms with Gasteiger partial charge in [-0.2, -0.15) is 0 Å². The van der Waals surface area contributed by atoms with Gasteiger partial charge in [0, 0.05) is 32.7 Å². The molecule has 1 heterocycles. The third-order valence-corrected chi connectivity index (χ3v) is 4.84. The molecule has 2 aromatic carbocycles. The monoisotopic (exact) mass is 397 g/mol. The molecule has 1 aliphatic rings. The van der Waals surface area contributed by atoms with Gasteiger partial charge in [0.15, 0.2) is 6.61 Å². The van der Waals surface area contributed by atoms with Crippen LogP contribution in [-0.4, -0.2) is 68.1 Å². The smallest absolute Gasteiger partial charge is 0.258 e. The number of amides is 2. The molecule has 154 valence electrons. The lowest BCUT2D eigenvalue weighted by Gasteiger charge is -2.34. The summed E-state index contributed by atoms with van der Waals surface area (Å²) in [5, 5.41) is 2.63. The van der Waals surface area contributed by atoms with Gasteiger partial charge in [0.2, 0.25) is 5.91 Å². The Morgan fingerprint density at radius 2 is 1.59 bits per heavy atom. The molecule has 0 saturated carbocycles. The molecule has 0 aromatic heterocycles. The second-order valence-electron chi connectivity index (χ2n) is 6.88. The van der Waals surface area contributed by atoms with Gasteiger partial charge in [-0.05, 0) is 29.8 Å². The number of piperazine rings is 1. The first-order valence-electron chi connectivity index (χ1n) is 9.71. The fraction of sp³-hybridized carbons (Fsp3) is 0.364. The summed E-state index contributed by atoms with van der Waals surface area (Å²) in [4.78, 5) is 28.4. The molecule has 7 nitrogen and oxygen atoms in total. The first kappa shape index (κ1) is 20.7. The van der Waals surface area contributed by atoms with Gasteiger partial charge in [0.25, 0.3) is 5.91 Å². The molecule has 0 unspecified atom stereocenters. The van der Waals surface area contributed by atoms with E-state index in [1.165, 1.54) is 5.56 Å². The van der Waals surface area contributed by atoms with Crippen molar-refractivity contribution in [3.63, 3.8) is 0 Å². The predicted molar refractivity (Wildman–Crippen MR) is 110 cm³/mol. The number of hydrogen-bond donors (Lipinski definition) is 1. The van der Waals surface area contributed by atoms with Crippen molar-refractivity contribution < 1.29 is 19.1 Å². The number of methoxy groups -OCH3 is 1. The fourth-order valence-electron chi connectivity index (χ4n) is 3.15. The van der Waals surface area contributed by atoms with E-state index < -0.39 is 0 Å². The van der Waals surface area contributed by atoms with Crippen LogP contribution in [0.2, 0.25) is 0 Å². The van der Waals surface area contributed by atoms with Gasteiger partial charge in [-0.15, -0.1) is 0 Å². The van der Waals surface area contributed by atoms with E-state index in [-0.39, 0.29) is 25.0 Å². The van der Waals surface area contributed by atoms with Crippen LogP contribution in [0.25, 0.3) is 0 Å². The number of nitrogens with zero attached hydrogens (tertiary/aromatic N) is 2. The molecule has 1 saturated heterocycles. The molecule has 3 rings (SSSR count). The van der Waals surface area contributed by atoms with Gasteiger partial charge in [-0.1, -0.05) is 30.3 Å². The van der Waals surface area contributed by atoms with E-state index >= 15 is 0 Å². The van der Waals surface area contributed by atoms with E-state index in [2.05, 4.69) is 22.3 Å². The third-order valence-electron chi connectivity index (χ3n) is 4.84. The molecule has 0 aliphatic carbocycles. The van der Waals surface area contributed by atoms with Gasteiger partial charge in [0.1, 0.15) is 11.5 Å². The minimum absolute atomic E-state index is 0.0104. The molecule has 0 bridgehead atoms.